The molecule has 0 aromatic rings. The number of likely N-dealkylation sites (N-methyl/N-ethyl adjacent to an activating group) is 1. The van der Waals surface area contributed by atoms with E-state index in [9.17, 15) is 0 Å². The molecule has 0 atom stereocenters. The normalized spacial score (nSPS) is 12.9. The van der Waals surface area contributed by atoms with Gasteiger partial charge in [0.25, 0.3) is 0 Å². The first-order valence-corrected chi connectivity index (χ1v) is 6.35. The number of hydrogen-bond donors (Lipinski definition) is 0. The molecule has 0 aliphatic carbocycles. The molecule has 0 radical (unpaired) electrons. The molecule has 0 heterocycles. The van der Waals surface area contributed by atoms with Crippen LogP contribution in [0.3, 0.4) is 0 Å². The van der Waals surface area contributed by atoms with Crippen molar-refractivity contribution in [2.24, 2.45) is 0 Å². The Hall–Kier alpha value is -0.0900. The molecule has 0 fully saturated rings. The summed E-state index contributed by atoms with van der Waals surface area (Å²) in [7, 11) is 4.31. The summed E-state index contributed by atoms with van der Waals surface area (Å²) in [6.07, 6.45) is 3.95. The number of allylic oxidation sites excluding steroid dienone is 1. The van der Waals surface area contributed by atoms with Gasteiger partial charge in [0.15, 0.2) is 0 Å². The molecule has 0 aliphatic heterocycles. The molecular weight excluding hydrogens is 226 g/mol. The van der Waals surface area contributed by atoms with Gasteiger partial charge in [-0.2, -0.15) is 0 Å². The van der Waals surface area contributed by atoms with Crippen molar-refractivity contribution in [1.82, 2.24) is 0 Å². The summed E-state index contributed by atoms with van der Waals surface area (Å²) < 4.78 is 11.9. The number of quaternary nitrogens is 1. The molecule has 3 nitrogen and oxygen atoms in total. The molecule has 0 rings (SSSR count). The van der Waals surface area contributed by atoms with E-state index in [1.165, 1.54) is 0 Å². The minimum absolute atomic E-state index is 0.116. The Labute approximate surface area is 105 Å². The van der Waals surface area contributed by atoms with Crippen molar-refractivity contribution >= 4 is 11.6 Å². The van der Waals surface area contributed by atoms with E-state index >= 15 is 0 Å². The van der Waals surface area contributed by atoms with Crippen LogP contribution in [0.4, 0.5) is 0 Å². The number of rotatable bonds is 9. The third kappa shape index (κ3) is 8.11. The molecule has 96 valence electrons. The molecule has 0 aromatic carbocycles. The predicted octanol–water partition coefficient (Wildman–Crippen LogP) is 2.26. The Morgan fingerprint density at radius 2 is 1.69 bits per heavy atom. The van der Waals surface area contributed by atoms with Crippen LogP contribution in [0, 0.1) is 0 Å². The minimum Gasteiger partial charge on any atom is -0.348 e. The van der Waals surface area contributed by atoms with Gasteiger partial charge in [-0.15, -0.1) is 11.6 Å². The quantitative estimate of drug-likeness (QED) is 0.271. The molecule has 0 unspecified atom stereocenters. The van der Waals surface area contributed by atoms with Gasteiger partial charge >= 0.3 is 0 Å². The molecule has 0 aliphatic rings. The van der Waals surface area contributed by atoms with Crippen LogP contribution < -0.4 is 0 Å². The van der Waals surface area contributed by atoms with E-state index < -0.39 is 0 Å². The third-order valence-corrected chi connectivity index (χ3v) is 2.38. The maximum atomic E-state index is 5.59. The van der Waals surface area contributed by atoms with E-state index in [1.54, 1.807) is 0 Å². The minimum atomic E-state index is -0.116. The summed E-state index contributed by atoms with van der Waals surface area (Å²) in [5, 5.41) is 0. The fourth-order valence-electron chi connectivity index (χ4n) is 1.43. The Kier molecular flexibility index (Phi) is 8.94. The van der Waals surface area contributed by atoms with E-state index in [-0.39, 0.29) is 6.29 Å². The highest BCUT2D eigenvalue weighted by Crippen LogP contribution is 2.05. The first-order valence-electron chi connectivity index (χ1n) is 5.82. The lowest BCUT2D eigenvalue weighted by atomic mass is 10.4. The highest BCUT2D eigenvalue weighted by atomic mass is 35.5. The maximum absolute atomic E-state index is 5.59. The standard InChI is InChI=1S/C12H25ClNO2/c1-5-15-12(16-6-2)11-14(3,4)10-8-7-9-13/h7-8,12H,5-6,9-11H2,1-4H3/q+1. The lowest BCUT2D eigenvalue weighted by Crippen LogP contribution is -2.47. The van der Waals surface area contributed by atoms with Gasteiger partial charge in [0.1, 0.15) is 6.54 Å². The van der Waals surface area contributed by atoms with Gasteiger partial charge in [0.2, 0.25) is 6.29 Å². The second-order valence-corrected chi connectivity index (χ2v) is 4.58. The SMILES string of the molecule is CCOC(C[N+](C)(C)CC=CCCl)OCC. The maximum Gasteiger partial charge on any atom is 0.207 e. The summed E-state index contributed by atoms with van der Waals surface area (Å²) in [6, 6.07) is 0. The largest absolute Gasteiger partial charge is 0.348 e. The van der Waals surface area contributed by atoms with Gasteiger partial charge in [0.05, 0.1) is 20.6 Å². The molecule has 0 bridgehead atoms. The summed E-state index contributed by atoms with van der Waals surface area (Å²) in [6.45, 7) is 7.11. The second-order valence-electron chi connectivity index (χ2n) is 4.27. The number of halogens is 1. The zero-order valence-corrected chi connectivity index (χ0v) is 11.7. The average molecular weight is 251 g/mol. The van der Waals surface area contributed by atoms with Gasteiger partial charge in [-0.05, 0) is 19.9 Å². The second kappa shape index (κ2) is 8.99. The first kappa shape index (κ1) is 15.9. The van der Waals surface area contributed by atoms with Crippen LogP contribution >= 0.6 is 11.6 Å². The average Bonchev–Trinajstić information content (AvgIpc) is 2.18. The molecule has 16 heavy (non-hydrogen) atoms. The van der Waals surface area contributed by atoms with Crippen LogP contribution in [-0.4, -0.2) is 57.1 Å². The van der Waals surface area contributed by atoms with Crippen molar-refractivity contribution in [2.45, 2.75) is 20.1 Å². The zero-order valence-electron chi connectivity index (χ0n) is 10.9. The third-order valence-electron chi connectivity index (χ3n) is 2.20. The van der Waals surface area contributed by atoms with Gasteiger partial charge in [-0.25, -0.2) is 0 Å². The molecule has 0 aromatic heterocycles. The van der Waals surface area contributed by atoms with E-state index in [1.807, 2.05) is 19.9 Å². The number of alkyl halides is 1. The Morgan fingerprint density at radius 3 is 2.12 bits per heavy atom. The summed E-state index contributed by atoms with van der Waals surface area (Å²) in [5.74, 6) is 0.570. The van der Waals surface area contributed by atoms with Crippen molar-refractivity contribution < 1.29 is 14.0 Å². The van der Waals surface area contributed by atoms with Crippen LogP contribution in [0.2, 0.25) is 0 Å². The Balaban J connectivity index is 4.11. The first-order chi connectivity index (χ1) is 7.55. The fraction of sp³-hybridized carbons (Fsp3) is 0.833. The number of hydrogen-bond acceptors (Lipinski definition) is 2. The van der Waals surface area contributed by atoms with Crippen molar-refractivity contribution in [3.05, 3.63) is 12.2 Å². The van der Waals surface area contributed by atoms with Crippen molar-refractivity contribution in [3.8, 4) is 0 Å². The summed E-state index contributed by atoms with van der Waals surface area (Å²) in [4.78, 5) is 0. The molecule has 0 spiro atoms. The fourth-order valence-corrected chi connectivity index (χ4v) is 1.55. The smallest absolute Gasteiger partial charge is 0.207 e. The van der Waals surface area contributed by atoms with E-state index in [0.29, 0.717) is 19.1 Å². The molecule has 0 saturated heterocycles. The highest BCUT2D eigenvalue weighted by Gasteiger charge is 2.21. The Bertz CT molecular complexity index is 189. The molecule has 0 amide bonds. The Morgan fingerprint density at radius 1 is 1.12 bits per heavy atom. The number of nitrogens with zero attached hydrogens (tertiary/aromatic N) is 1. The highest BCUT2D eigenvalue weighted by molar-refractivity contribution is 6.18. The summed E-state index contributed by atoms with van der Waals surface area (Å²) >= 11 is 5.59. The molecule has 0 saturated carbocycles. The lowest BCUT2D eigenvalue weighted by Gasteiger charge is -2.32. The number of ether oxygens (including phenoxy) is 2. The lowest BCUT2D eigenvalue weighted by molar-refractivity contribution is -0.890. The van der Waals surface area contributed by atoms with Gasteiger partial charge in [-0.3, -0.25) is 0 Å². The topological polar surface area (TPSA) is 18.5 Å². The van der Waals surface area contributed by atoms with Gasteiger partial charge < -0.3 is 14.0 Å². The zero-order chi connectivity index (χ0) is 12.4. The predicted molar refractivity (Wildman–Crippen MR) is 68.7 cm³/mol. The van der Waals surface area contributed by atoms with Crippen LogP contribution in [0.5, 0.6) is 0 Å². The van der Waals surface area contributed by atoms with Crippen LogP contribution in [0.25, 0.3) is 0 Å². The monoisotopic (exact) mass is 250 g/mol. The van der Waals surface area contributed by atoms with E-state index in [2.05, 4.69) is 20.2 Å². The van der Waals surface area contributed by atoms with Crippen molar-refractivity contribution in [3.63, 3.8) is 0 Å². The van der Waals surface area contributed by atoms with Crippen LogP contribution in [0.1, 0.15) is 13.8 Å². The van der Waals surface area contributed by atoms with Gasteiger partial charge in [0, 0.05) is 19.1 Å². The van der Waals surface area contributed by atoms with Crippen LogP contribution in [0.15, 0.2) is 12.2 Å². The van der Waals surface area contributed by atoms with Crippen molar-refractivity contribution in [1.29, 1.82) is 0 Å². The molecule has 4 heteroatoms. The van der Waals surface area contributed by atoms with Crippen molar-refractivity contribution in [2.75, 3.05) is 46.3 Å². The molecule has 0 N–H and O–H groups in total. The van der Waals surface area contributed by atoms with E-state index in [0.717, 1.165) is 17.6 Å². The summed E-state index contributed by atoms with van der Waals surface area (Å²) in [5.41, 5.74) is 0. The molecular formula is C12H25ClNO2+. The van der Waals surface area contributed by atoms with Crippen LogP contribution in [-0.2, 0) is 9.47 Å². The van der Waals surface area contributed by atoms with E-state index in [4.69, 9.17) is 21.1 Å². The van der Waals surface area contributed by atoms with Gasteiger partial charge in [-0.1, -0.05) is 6.08 Å².